The van der Waals surface area contributed by atoms with Crippen molar-refractivity contribution in [2.24, 2.45) is 11.8 Å². The largest absolute Gasteiger partial charge is 0.481 e. The molecule has 5 nitrogen and oxygen atoms in total. The van der Waals surface area contributed by atoms with E-state index in [1.54, 1.807) is 0 Å². The third-order valence-corrected chi connectivity index (χ3v) is 3.04. The number of carboxylic acids is 1. The Labute approximate surface area is 101 Å². The number of piperidine rings is 1. The predicted molar refractivity (Wildman–Crippen MR) is 61.2 cm³/mol. The molecule has 1 atom stereocenters. The fraction of sp³-hybridized carbons (Fsp3) is 0.750. The molecule has 1 saturated heterocycles. The summed E-state index contributed by atoms with van der Waals surface area (Å²) < 4.78 is 0. The van der Waals surface area contributed by atoms with E-state index < -0.39 is 11.9 Å². The summed E-state index contributed by atoms with van der Waals surface area (Å²) in [6.07, 6.45) is 1.89. The molecular weight excluding hydrogens is 222 g/mol. The van der Waals surface area contributed by atoms with Crippen LogP contribution in [0.3, 0.4) is 0 Å². The van der Waals surface area contributed by atoms with Crippen LogP contribution in [0.5, 0.6) is 0 Å². The Morgan fingerprint density at radius 2 is 1.94 bits per heavy atom. The first-order chi connectivity index (χ1) is 7.95. The average molecular weight is 241 g/mol. The standard InChI is InChI=1S/C12H19NO4/c1-3-4-9(12(16)17)7-13-10(14)5-8(2)6-11(13)15/h8-9H,3-7H2,1-2H3,(H,16,17). The Kier molecular flexibility index (Phi) is 4.66. The molecular formula is C12H19NO4. The van der Waals surface area contributed by atoms with Gasteiger partial charge in [-0.05, 0) is 12.3 Å². The summed E-state index contributed by atoms with van der Waals surface area (Å²) in [5.74, 6) is -1.99. The monoisotopic (exact) mass is 241 g/mol. The first-order valence-electron chi connectivity index (χ1n) is 6.01. The molecule has 1 aliphatic rings. The van der Waals surface area contributed by atoms with Gasteiger partial charge in [0.05, 0.1) is 5.92 Å². The molecule has 1 fully saturated rings. The lowest BCUT2D eigenvalue weighted by Crippen LogP contribution is -2.46. The molecule has 1 unspecified atom stereocenters. The summed E-state index contributed by atoms with van der Waals surface area (Å²) in [5.41, 5.74) is 0. The number of carboxylic acid groups (broad SMARTS) is 1. The van der Waals surface area contributed by atoms with Gasteiger partial charge in [-0.15, -0.1) is 0 Å². The lowest BCUT2D eigenvalue weighted by Gasteiger charge is -2.30. The number of rotatable bonds is 5. The molecule has 0 aromatic rings. The maximum absolute atomic E-state index is 11.7. The highest BCUT2D eigenvalue weighted by atomic mass is 16.4. The number of amides is 2. The number of hydrogen-bond acceptors (Lipinski definition) is 3. The summed E-state index contributed by atoms with van der Waals surface area (Å²) in [7, 11) is 0. The number of aliphatic carboxylic acids is 1. The van der Waals surface area contributed by atoms with Crippen LogP contribution in [-0.2, 0) is 14.4 Å². The molecule has 0 aliphatic carbocycles. The van der Waals surface area contributed by atoms with Crippen molar-refractivity contribution in [3.63, 3.8) is 0 Å². The van der Waals surface area contributed by atoms with Gasteiger partial charge in [0.2, 0.25) is 11.8 Å². The zero-order valence-electron chi connectivity index (χ0n) is 10.3. The van der Waals surface area contributed by atoms with Crippen molar-refractivity contribution in [1.82, 2.24) is 4.90 Å². The van der Waals surface area contributed by atoms with E-state index in [1.165, 1.54) is 0 Å². The molecule has 0 spiro atoms. The quantitative estimate of drug-likeness (QED) is 0.735. The SMILES string of the molecule is CCCC(CN1C(=O)CC(C)CC1=O)C(=O)O. The third kappa shape index (κ3) is 3.54. The van der Waals surface area contributed by atoms with E-state index in [0.717, 1.165) is 11.3 Å². The molecule has 1 rings (SSSR count). The smallest absolute Gasteiger partial charge is 0.308 e. The summed E-state index contributed by atoms with van der Waals surface area (Å²) >= 11 is 0. The fourth-order valence-electron chi connectivity index (χ4n) is 2.09. The predicted octanol–water partition coefficient (Wildman–Crippen LogP) is 1.27. The van der Waals surface area contributed by atoms with Crippen LogP contribution in [0.1, 0.15) is 39.5 Å². The van der Waals surface area contributed by atoms with Gasteiger partial charge in [-0.3, -0.25) is 19.3 Å². The van der Waals surface area contributed by atoms with E-state index in [1.807, 2.05) is 13.8 Å². The second-order valence-corrected chi connectivity index (χ2v) is 4.74. The molecule has 0 saturated carbocycles. The number of imide groups is 1. The van der Waals surface area contributed by atoms with Crippen LogP contribution in [0, 0.1) is 11.8 Å². The minimum atomic E-state index is -0.939. The van der Waals surface area contributed by atoms with Gasteiger partial charge < -0.3 is 5.11 Å². The molecule has 0 radical (unpaired) electrons. The number of hydrogen-bond donors (Lipinski definition) is 1. The molecule has 1 N–H and O–H groups in total. The van der Waals surface area contributed by atoms with E-state index in [-0.39, 0.29) is 24.3 Å². The zero-order valence-corrected chi connectivity index (χ0v) is 10.3. The van der Waals surface area contributed by atoms with Crippen LogP contribution in [0.4, 0.5) is 0 Å². The molecule has 1 aliphatic heterocycles. The first kappa shape index (κ1) is 13.7. The maximum atomic E-state index is 11.7. The van der Waals surface area contributed by atoms with Gasteiger partial charge in [0.15, 0.2) is 0 Å². The molecule has 0 aromatic heterocycles. The van der Waals surface area contributed by atoms with Gasteiger partial charge in [0, 0.05) is 19.4 Å². The lowest BCUT2D eigenvalue weighted by atomic mass is 9.95. The van der Waals surface area contributed by atoms with E-state index in [9.17, 15) is 14.4 Å². The first-order valence-corrected chi connectivity index (χ1v) is 6.01. The third-order valence-electron chi connectivity index (χ3n) is 3.04. The second-order valence-electron chi connectivity index (χ2n) is 4.74. The van der Waals surface area contributed by atoms with Crippen LogP contribution in [-0.4, -0.2) is 34.3 Å². The summed E-state index contributed by atoms with van der Waals surface area (Å²) in [5, 5.41) is 9.01. The van der Waals surface area contributed by atoms with Crippen molar-refractivity contribution in [2.45, 2.75) is 39.5 Å². The normalized spacial score (nSPS) is 19.5. The molecule has 0 aromatic carbocycles. The van der Waals surface area contributed by atoms with Crippen LogP contribution < -0.4 is 0 Å². The number of nitrogens with zero attached hydrogens (tertiary/aromatic N) is 1. The van der Waals surface area contributed by atoms with Crippen molar-refractivity contribution >= 4 is 17.8 Å². The Morgan fingerprint density at radius 3 is 2.35 bits per heavy atom. The van der Waals surface area contributed by atoms with Crippen LogP contribution in [0.15, 0.2) is 0 Å². The van der Waals surface area contributed by atoms with Crippen LogP contribution in [0.2, 0.25) is 0 Å². The minimum absolute atomic E-state index is 0.0214. The molecule has 17 heavy (non-hydrogen) atoms. The lowest BCUT2D eigenvalue weighted by molar-refractivity contribution is -0.152. The number of carbonyl (C=O) groups excluding carboxylic acids is 2. The Bertz CT molecular complexity index is 308. The molecule has 1 heterocycles. The molecule has 2 amide bonds. The van der Waals surface area contributed by atoms with Gasteiger partial charge in [0.25, 0.3) is 0 Å². The van der Waals surface area contributed by atoms with Crippen molar-refractivity contribution in [3.8, 4) is 0 Å². The van der Waals surface area contributed by atoms with Crippen molar-refractivity contribution in [3.05, 3.63) is 0 Å². The van der Waals surface area contributed by atoms with Gasteiger partial charge >= 0.3 is 5.97 Å². The highest BCUT2D eigenvalue weighted by Crippen LogP contribution is 2.21. The highest BCUT2D eigenvalue weighted by molar-refractivity contribution is 5.98. The molecule has 0 bridgehead atoms. The number of likely N-dealkylation sites (tertiary alicyclic amines) is 1. The van der Waals surface area contributed by atoms with Gasteiger partial charge in [-0.25, -0.2) is 0 Å². The van der Waals surface area contributed by atoms with Crippen LogP contribution in [0.25, 0.3) is 0 Å². The Morgan fingerprint density at radius 1 is 1.41 bits per heavy atom. The average Bonchev–Trinajstić information content (AvgIpc) is 2.21. The van der Waals surface area contributed by atoms with E-state index >= 15 is 0 Å². The van der Waals surface area contributed by atoms with Crippen molar-refractivity contribution in [1.29, 1.82) is 0 Å². The van der Waals surface area contributed by atoms with Gasteiger partial charge in [0.1, 0.15) is 0 Å². The Balaban J connectivity index is 2.68. The zero-order chi connectivity index (χ0) is 13.0. The second kappa shape index (κ2) is 5.80. The topological polar surface area (TPSA) is 74.7 Å². The van der Waals surface area contributed by atoms with Crippen molar-refractivity contribution < 1.29 is 19.5 Å². The highest BCUT2D eigenvalue weighted by Gasteiger charge is 2.33. The molecule has 96 valence electrons. The minimum Gasteiger partial charge on any atom is -0.481 e. The van der Waals surface area contributed by atoms with Crippen molar-refractivity contribution in [2.75, 3.05) is 6.54 Å². The van der Waals surface area contributed by atoms with E-state index in [0.29, 0.717) is 19.3 Å². The van der Waals surface area contributed by atoms with Crippen LogP contribution >= 0.6 is 0 Å². The molecule has 5 heteroatoms. The van der Waals surface area contributed by atoms with E-state index in [4.69, 9.17) is 5.11 Å². The van der Waals surface area contributed by atoms with E-state index in [2.05, 4.69) is 0 Å². The maximum Gasteiger partial charge on any atom is 0.308 e. The van der Waals surface area contributed by atoms with Gasteiger partial charge in [-0.2, -0.15) is 0 Å². The summed E-state index contributed by atoms with van der Waals surface area (Å²) in [6.45, 7) is 3.76. The van der Waals surface area contributed by atoms with Gasteiger partial charge in [-0.1, -0.05) is 20.3 Å². The Hall–Kier alpha value is -1.39. The fourth-order valence-corrected chi connectivity index (χ4v) is 2.09. The number of carbonyl (C=O) groups is 3. The summed E-state index contributed by atoms with van der Waals surface area (Å²) in [6, 6.07) is 0. The summed E-state index contributed by atoms with van der Waals surface area (Å²) in [4.78, 5) is 35.5.